The Morgan fingerprint density at radius 1 is 0.952 bits per heavy atom. The average molecular weight is 281 g/mol. The van der Waals surface area contributed by atoms with Crippen molar-refractivity contribution in [2.75, 3.05) is 12.5 Å². The number of anilines is 1. The zero-order chi connectivity index (χ0) is 14.2. The molecule has 6 nitrogen and oxygen atoms in total. The largest absolute Gasteiger partial charge is 0.454 e. The quantitative estimate of drug-likeness (QED) is 0.777. The third-order valence-electron chi connectivity index (χ3n) is 3.32. The summed E-state index contributed by atoms with van der Waals surface area (Å²) < 4.78 is 16.1. The van der Waals surface area contributed by atoms with Crippen LogP contribution < -0.4 is 15.2 Å². The van der Waals surface area contributed by atoms with Gasteiger partial charge in [-0.3, -0.25) is 4.98 Å². The van der Waals surface area contributed by atoms with E-state index in [0.717, 1.165) is 22.4 Å². The van der Waals surface area contributed by atoms with Gasteiger partial charge in [0, 0.05) is 18.0 Å². The molecule has 21 heavy (non-hydrogen) atoms. The van der Waals surface area contributed by atoms with E-state index in [1.807, 2.05) is 30.3 Å². The molecule has 1 aliphatic heterocycles. The van der Waals surface area contributed by atoms with Gasteiger partial charge in [0.2, 0.25) is 6.79 Å². The van der Waals surface area contributed by atoms with Crippen LogP contribution in [0.5, 0.6) is 11.5 Å². The van der Waals surface area contributed by atoms with Gasteiger partial charge in [-0.05, 0) is 29.8 Å². The normalized spacial score (nSPS) is 12.6. The van der Waals surface area contributed by atoms with E-state index in [4.69, 9.17) is 19.7 Å². The summed E-state index contributed by atoms with van der Waals surface area (Å²) in [6.07, 6.45) is 3.38. The molecule has 0 saturated carbocycles. The van der Waals surface area contributed by atoms with Crippen molar-refractivity contribution >= 4 is 5.82 Å². The van der Waals surface area contributed by atoms with Gasteiger partial charge >= 0.3 is 0 Å². The Balaban J connectivity index is 1.87. The second kappa shape index (κ2) is 4.52. The van der Waals surface area contributed by atoms with Crippen LogP contribution in [0.1, 0.15) is 0 Å². The van der Waals surface area contributed by atoms with Crippen molar-refractivity contribution in [1.29, 1.82) is 0 Å². The van der Waals surface area contributed by atoms with Gasteiger partial charge in [0.05, 0.1) is 5.56 Å². The first-order chi connectivity index (χ1) is 10.3. The fourth-order valence-corrected chi connectivity index (χ4v) is 2.33. The lowest BCUT2D eigenvalue weighted by Gasteiger charge is -2.04. The van der Waals surface area contributed by atoms with E-state index in [0.29, 0.717) is 17.3 Å². The Morgan fingerprint density at radius 2 is 1.76 bits per heavy atom. The molecule has 0 atom stereocenters. The van der Waals surface area contributed by atoms with Gasteiger partial charge in [0.15, 0.2) is 23.1 Å². The van der Waals surface area contributed by atoms with Crippen LogP contribution in [0, 0.1) is 0 Å². The molecule has 6 heteroatoms. The van der Waals surface area contributed by atoms with Gasteiger partial charge in [-0.2, -0.15) is 0 Å². The number of hydrogen-bond donors (Lipinski definition) is 1. The fourth-order valence-electron chi connectivity index (χ4n) is 2.33. The maximum atomic E-state index is 5.96. The number of aromatic nitrogens is 2. The van der Waals surface area contributed by atoms with E-state index in [2.05, 4.69) is 10.1 Å². The zero-order valence-electron chi connectivity index (χ0n) is 10.9. The molecule has 3 heterocycles. The van der Waals surface area contributed by atoms with Crippen molar-refractivity contribution in [2.45, 2.75) is 0 Å². The first-order valence-electron chi connectivity index (χ1n) is 6.38. The number of pyridine rings is 1. The van der Waals surface area contributed by atoms with Crippen molar-refractivity contribution in [1.82, 2.24) is 10.1 Å². The highest BCUT2D eigenvalue weighted by molar-refractivity contribution is 5.87. The van der Waals surface area contributed by atoms with Crippen LogP contribution in [0.3, 0.4) is 0 Å². The van der Waals surface area contributed by atoms with Gasteiger partial charge in [-0.1, -0.05) is 11.2 Å². The minimum Gasteiger partial charge on any atom is -0.454 e. The van der Waals surface area contributed by atoms with Crippen LogP contribution in [0.2, 0.25) is 0 Å². The highest BCUT2D eigenvalue weighted by Gasteiger charge is 2.21. The summed E-state index contributed by atoms with van der Waals surface area (Å²) in [5, 5.41) is 3.87. The van der Waals surface area contributed by atoms with Gasteiger partial charge < -0.3 is 19.7 Å². The highest BCUT2D eigenvalue weighted by Crippen LogP contribution is 2.41. The molecule has 0 bridgehead atoms. The molecular weight excluding hydrogens is 270 g/mol. The molecule has 1 aromatic carbocycles. The van der Waals surface area contributed by atoms with E-state index in [1.54, 1.807) is 12.4 Å². The van der Waals surface area contributed by atoms with E-state index in [-0.39, 0.29) is 6.79 Å². The number of rotatable bonds is 2. The summed E-state index contributed by atoms with van der Waals surface area (Å²) in [7, 11) is 0. The van der Waals surface area contributed by atoms with Crippen molar-refractivity contribution < 1.29 is 14.0 Å². The summed E-state index contributed by atoms with van der Waals surface area (Å²) in [5.41, 5.74) is 8.43. The minimum atomic E-state index is 0.231. The third kappa shape index (κ3) is 1.88. The third-order valence-corrected chi connectivity index (χ3v) is 3.32. The lowest BCUT2D eigenvalue weighted by atomic mass is 10.0. The van der Waals surface area contributed by atoms with Crippen molar-refractivity contribution in [3.8, 4) is 33.9 Å². The average Bonchev–Trinajstić information content (AvgIpc) is 3.13. The molecule has 0 amide bonds. The Morgan fingerprint density at radius 3 is 2.62 bits per heavy atom. The van der Waals surface area contributed by atoms with Crippen LogP contribution in [-0.2, 0) is 0 Å². The van der Waals surface area contributed by atoms with Gasteiger partial charge in [-0.15, -0.1) is 0 Å². The van der Waals surface area contributed by atoms with E-state index >= 15 is 0 Å². The topological polar surface area (TPSA) is 83.4 Å². The number of hydrogen-bond acceptors (Lipinski definition) is 6. The van der Waals surface area contributed by atoms with E-state index in [9.17, 15) is 0 Å². The van der Waals surface area contributed by atoms with E-state index in [1.165, 1.54) is 0 Å². The molecule has 0 radical (unpaired) electrons. The molecule has 104 valence electrons. The Labute approximate surface area is 120 Å². The monoisotopic (exact) mass is 281 g/mol. The first kappa shape index (κ1) is 11.8. The summed E-state index contributed by atoms with van der Waals surface area (Å²) >= 11 is 0. The summed E-state index contributed by atoms with van der Waals surface area (Å²) in [4.78, 5) is 4.00. The predicted molar refractivity (Wildman–Crippen MR) is 75.7 cm³/mol. The molecule has 0 saturated heterocycles. The number of nitrogens with zero attached hydrogens (tertiary/aromatic N) is 2. The minimum absolute atomic E-state index is 0.231. The van der Waals surface area contributed by atoms with Crippen molar-refractivity contribution in [3.63, 3.8) is 0 Å². The highest BCUT2D eigenvalue weighted by atomic mass is 16.7. The SMILES string of the molecule is Nc1noc(-c2ccncc2)c1-c1ccc2c(c1)OCO2. The maximum absolute atomic E-state index is 5.96. The Hall–Kier alpha value is -3.02. The second-order valence-electron chi connectivity index (χ2n) is 4.58. The molecule has 4 rings (SSSR count). The number of nitrogen functional groups attached to an aromatic ring is 1. The molecule has 3 aromatic rings. The van der Waals surface area contributed by atoms with E-state index < -0.39 is 0 Å². The predicted octanol–water partition coefficient (Wildman–Crippen LogP) is 2.71. The van der Waals surface area contributed by atoms with Crippen LogP contribution >= 0.6 is 0 Å². The number of nitrogens with two attached hydrogens (primary N) is 1. The van der Waals surface area contributed by atoms with Crippen LogP contribution in [0.25, 0.3) is 22.5 Å². The number of ether oxygens (including phenoxy) is 2. The summed E-state index contributed by atoms with van der Waals surface area (Å²) in [6.45, 7) is 0.231. The molecule has 1 aliphatic rings. The molecule has 0 unspecified atom stereocenters. The first-order valence-corrected chi connectivity index (χ1v) is 6.38. The van der Waals surface area contributed by atoms with Gasteiger partial charge in [0.1, 0.15) is 0 Å². The lowest BCUT2D eigenvalue weighted by molar-refractivity contribution is 0.174. The number of benzene rings is 1. The Kier molecular flexibility index (Phi) is 2.53. The van der Waals surface area contributed by atoms with Gasteiger partial charge in [-0.25, -0.2) is 0 Å². The smallest absolute Gasteiger partial charge is 0.231 e. The number of fused-ring (bicyclic) bond motifs is 1. The lowest BCUT2D eigenvalue weighted by Crippen LogP contribution is -1.93. The zero-order valence-corrected chi connectivity index (χ0v) is 10.9. The maximum Gasteiger partial charge on any atom is 0.231 e. The molecule has 2 N–H and O–H groups in total. The van der Waals surface area contributed by atoms with Gasteiger partial charge in [0.25, 0.3) is 0 Å². The van der Waals surface area contributed by atoms with Crippen molar-refractivity contribution in [2.24, 2.45) is 0 Å². The summed E-state index contributed by atoms with van der Waals surface area (Å²) in [6, 6.07) is 9.31. The van der Waals surface area contributed by atoms with Crippen LogP contribution in [-0.4, -0.2) is 16.9 Å². The summed E-state index contributed by atoms with van der Waals surface area (Å²) in [5.74, 6) is 2.35. The van der Waals surface area contributed by atoms with Crippen molar-refractivity contribution in [3.05, 3.63) is 42.7 Å². The second-order valence-corrected chi connectivity index (χ2v) is 4.58. The Bertz CT molecular complexity index is 799. The standard InChI is InChI=1S/C15H11N3O3/c16-15-13(10-1-2-11-12(7-10)20-8-19-11)14(21-18-15)9-3-5-17-6-4-9/h1-7H,8H2,(H2,16,18). The molecule has 2 aromatic heterocycles. The molecule has 0 spiro atoms. The van der Waals surface area contributed by atoms with Crippen LogP contribution in [0.4, 0.5) is 5.82 Å². The molecule has 0 fully saturated rings. The molecule has 0 aliphatic carbocycles. The van der Waals surface area contributed by atoms with Crippen LogP contribution in [0.15, 0.2) is 47.2 Å². The molecular formula is C15H11N3O3. The fraction of sp³-hybridized carbons (Fsp3) is 0.0667.